The SMILES string of the molecule is CC(C)(C)OC(=O)C(CNC(=O)c1ccc(OCCCn2ccnc2)cc1)NS(=O)(=O)c1ccccc1. The Morgan fingerprint density at radius 1 is 1.05 bits per heavy atom. The quantitative estimate of drug-likeness (QED) is 0.273. The predicted molar refractivity (Wildman–Crippen MR) is 138 cm³/mol. The minimum atomic E-state index is -4.03. The van der Waals surface area contributed by atoms with E-state index in [0.29, 0.717) is 17.9 Å². The molecule has 1 amide bonds. The van der Waals surface area contributed by atoms with E-state index in [1.165, 1.54) is 12.1 Å². The Morgan fingerprint density at radius 2 is 1.76 bits per heavy atom. The Balaban J connectivity index is 1.58. The number of aromatic nitrogens is 2. The van der Waals surface area contributed by atoms with E-state index in [4.69, 9.17) is 9.47 Å². The number of nitrogens with one attached hydrogen (secondary N) is 2. The molecule has 0 radical (unpaired) electrons. The second-order valence-electron chi connectivity index (χ2n) is 9.26. The first-order valence-corrected chi connectivity index (χ1v) is 13.3. The van der Waals surface area contributed by atoms with E-state index in [1.807, 2.05) is 10.8 Å². The smallest absolute Gasteiger partial charge is 0.326 e. The number of imidazole rings is 1. The van der Waals surface area contributed by atoms with Crippen LogP contribution in [0.1, 0.15) is 37.6 Å². The Morgan fingerprint density at radius 3 is 2.38 bits per heavy atom. The fourth-order valence-electron chi connectivity index (χ4n) is 3.26. The molecular weight excluding hydrogens is 496 g/mol. The van der Waals surface area contributed by atoms with Gasteiger partial charge in [-0.3, -0.25) is 9.59 Å². The number of hydrogen-bond donors (Lipinski definition) is 2. The van der Waals surface area contributed by atoms with Crippen LogP contribution in [-0.2, 0) is 26.1 Å². The zero-order chi connectivity index (χ0) is 26.9. The van der Waals surface area contributed by atoms with Crippen LogP contribution in [0.2, 0.25) is 0 Å². The summed E-state index contributed by atoms with van der Waals surface area (Å²) in [4.78, 5) is 29.4. The van der Waals surface area contributed by atoms with Crippen molar-refractivity contribution in [2.75, 3.05) is 13.2 Å². The second kappa shape index (κ2) is 12.5. The van der Waals surface area contributed by atoms with Gasteiger partial charge in [-0.25, -0.2) is 13.4 Å². The van der Waals surface area contributed by atoms with Gasteiger partial charge in [0.1, 0.15) is 17.4 Å². The number of carbonyl (C=O) groups excluding carboxylic acids is 2. The van der Waals surface area contributed by atoms with Gasteiger partial charge in [-0.15, -0.1) is 0 Å². The lowest BCUT2D eigenvalue weighted by molar-refractivity contribution is -0.156. The topological polar surface area (TPSA) is 129 Å². The van der Waals surface area contributed by atoms with E-state index < -0.39 is 33.5 Å². The summed E-state index contributed by atoms with van der Waals surface area (Å²) in [5.74, 6) is -0.657. The van der Waals surface area contributed by atoms with Crippen LogP contribution in [-0.4, -0.2) is 54.6 Å². The first-order chi connectivity index (χ1) is 17.5. The number of ether oxygens (including phenoxy) is 2. The minimum absolute atomic E-state index is 0.00417. The lowest BCUT2D eigenvalue weighted by Gasteiger charge is -2.24. The van der Waals surface area contributed by atoms with Crippen LogP contribution in [0, 0.1) is 0 Å². The van der Waals surface area contributed by atoms with Gasteiger partial charge in [0.05, 0.1) is 17.8 Å². The third-order valence-electron chi connectivity index (χ3n) is 5.01. The molecule has 2 aromatic carbocycles. The monoisotopic (exact) mass is 528 g/mol. The first kappa shape index (κ1) is 27.9. The van der Waals surface area contributed by atoms with Crippen molar-refractivity contribution in [1.82, 2.24) is 19.6 Å². The predicted octanol–water partition coefficient (Wildman–Crippen LogP) is 2.77. The number of esters is 1. The number of sulfonamides is 1. The molecule has 10 nitrogen and oxygen atoms in total. The number of aryl methyl sites for hydroxylation is 1. The fourth-order valence-corrected chi connectivity index (χ4v) is 4.46. The second-order valence-corrected chi connectivity index (χ2v) is 11.0. The molecule has 0 aliphatic carbocycles. The highest BCUT2D eigenvalue weighted by molar-refractivity contribution is 7.89. The fraction of sp³-hybridized carbons (Fsp3) is 0.346. The highest BCUT2D eigenvalue weighted by atomic mass is 32.2. The maximum atomic E-state index is 12.8. The molecule has 3 aromatic rings. The van der Waals surface area contributed by atoms with Crippen LogP contribution < -0.4 is 14.8 Å². The Labute approximate surface area is 217 Å². The largest absolute Gasteiger partial charge is 0.494 e. The molecular formula is C26H32N4O6S. The van der Waals surface area contributed by atoms with Crippen molar-refractivity contribution in [3.05, 3.63) is 78.9 Å². The van der Waals surface area contributed by atoms with Crippen molar-refractivity contribution in [1.29, 1.82) is 0 Å². The van der Waals surface area contributed by atoms with Gasteiger partial charge in [0.25, 0.3) is 5.91 Å². The van der Waals surface area contributed by atoms with Crippen LogP contribution in [0.4, 0.5) is 0 Å². The average molecular weight is 529 g/mol. The number of rotatable bonds is 12. The molecule has 0 aliphatic heterocycles. The molecule has 0 bridgehead atoms. The maximum absolute atomic E-state index is 12.8. The van der Waals surface area contributed by atoms with Crippen molar-refractivity contribution >= 4 is 21.9 Å². The van der Waals surface area contributed by atoms with Crippen molar-refractivity contribution in [3.63, 3.8) is 0 Å². The third-order valence-corrected chi connectivity index (χ3v) is 6.50. The molecule has 0 saturated heterocycles. The number of nitrogens with zero attached hydrogens (tertiary/aromatic N) is 2. The molecule has 1 atom stereocenters. The van der Waals surface area contributed by atoms with Crippen LogP contribution >= 0.6 is 0 Å². The summed E-state index contributed by atoms with van der Waals surface area (Å²) >= 11 is 0. The van der Waals surface area contributed by atoms with Crippen molar-refractivity contribution in [2.24, 2.45) is 0 Å². The first-order valence-electron chi connectivity index (χ1n) is 11.8. The minimum Gasteiger partial charge on any atom is -0.494 e. The normalized spacial score (nSPS) is 12.5. The molecule has 1 aromatic heterocycles. The molecule has 198 valence electrons. The summed E-state index contributed by atoms with van der Waals surface area (Å²) < 4.78 is 41.0. The number of hydrogen-bond acceptors (Lipinski definition) is 7. The lowest BCUT2D eigenvalue weighted by Crippen LogP contribution is -2.50. The molecule has 0 spiro atoms. The highest BCUT2D eigenvalue weighted by Gasteiger charge is 2.30. The Hall–Kier alpha value is -3.70. The molecule has 0 saturated carbocycles. The maximum Gasteiger partial charge on any atom is 0.326 e. The van der Waals surface area contributed by atoms with Crippen LogP contribution in [0.15, 0.2) is 78.2 Å². The third kappa shape index (κ3) is 9.03. The Kier molecular flexibility index (Phi) is 9.42. The molecule has 11 heteroatoms. The number of carbonyl (C=O) groups is 2. The van der Waals surface area contributed by atoms with Crippen molar-refractivity contribution in [2.45, 2.75) is 50.3 Å². The summed E-state index contributed by atoms with van der Waals surface area (Å²) in [5.41, 5.74) is -0.508. The van der Waals surface area contributed by atoms with Crippen molar-refractivity contribution < 1.29 is 27.5 Å². The average Bonchev–Trinajstić information content (AvgIpc) is 3.38. The number of amides is 1. The standard InChI is InChI=1S/C26H32N4O6S/c1-26(2,3)36-25(32)23(29-37(33,34)22-8-5-4-6-9-22)18-28-24(31)20-10-12-21(13-11-20)35-17-7-15-30-16-14-27-19-30/h4-6,8-14,16,19,23,29H,7,15,17-18H2,1-3H3,(H,28,31). The zero-order valence-corrected chi connectivity index (χ0v) is 21.9. The van der Waals surface area contributed by atoms with Gasteiger partial charge in [0.2, 0.25) is 10.0 Å². The molecule has 1 unspecified atom stereocenters. The Bertz CT molecular complexity index is 1250. The zero-order valence-electron chi connectivity index (χ0n) is 21.1. The van der Waals surface area contributed by atoms with Crippen LogP contribution in [0.3, 0.4) is 0 Å². The number of benzene rings is 2. The van der Waals surface area contributed by atoms with E-state index >= 15 is 0 Å². The van der Waals surface area contributed by atoms with E-state index in [9.17, 15) is 18.0 Å². The van der Waals surface area contributed by atoms with Gasteiger partial charge in [0, 0.05) is 31.0 Å². The summed E-state index contributed by atoms with van der Waals surface area (Å²) in [6.45, 7) is 6.01. The molecule has 1 heterocycles. The lowest BCUT2D eigenvalue weighted by atomic mass is 10.2. The molecule has 37 heavy (non-hydrogen) atoms. The summed E-state index contributed by atoms with van der Waals surface area (Å²) in [5, 5.41) is 2.61. The van der Waals surface area contributed by atoms with Crippen LogP contribution in [0.5, 0.6) is 5.75 Å². The molecule has 2 N–H and O–H groups in total. The van der Waals surface area contributed by atoms with E-state index in [1.54, 1.807) is 75.8 Å². The molecule has 3 rings (SSSR count). The summed E-state index contributed by atoms with van der Waals surface area (Å²) in [7, 11) is -4.03. The van der Waals surface area contributed by atoms with E-state index in [0.717, 1.165) is 13.0 Å². The molecule has 0 fully saturated rings. The van der Waals surface area contributed by atoms with E-state index in [2.05, 4.69) is 15.0 Å². The highest BCUT2D eigenvalue weighted by Crippen LogP contribution is 2.14. The van der Waals surface area contributed by atoms with Gasteiger partial charge in [-0.2, -0.15) is 4.72 Å². The summed E-state index contributed by atoms with van der Waals surface area (Å²) in [6.07, 6.45) is 6.14. The van der Waals surface area contributed by atoms with Crippen LogP contribution in [0.25, 0.3) is 0 Å². The van der Waals surface area contributed by atoms with Crippen molar-refractivity contribution in [3.8, 4) is 5.75 Å². The van der Waals surface area contributed by atoms with Gasteiger partial charge in [-0.1, -0.05) is 18.2 Å². The van der Waals surface area contributed by atoms with Gasteiger partial charge < -0.3 is 19.4 Å². The van der Waals surface area contributed by atoms with Gasteiger partial charge >= 0.3 is 5.97 Å². The van der Waals surface area contributed by atoms with Gasteiger partial charge in [-0.05, 0) is 63.6 Å². The van der Waals surface area contributed by atoms with Gasteiger partial charge in [0.15, 0.2) is 0 Å². The van der Waals surface area contributed by atoms with E-state index in [-0.39, 0.29) is 11.4 Å². The summed E-state index contributed by atoms with van der Waals surface area (Å²) in [6, 6.07) is 12.9. The molecule has 0 aliphatic rings.